The molecular formula is C14H15N2OS2. The maximum atomic E-state index is 12.0. The van der Waals surface area contributed by atoms with Gasteiger partial charge in [-0.2, -0.15) is 0 Å². The molecule has 0 aromatic heterocycles. The maximum absolute atomic E-state index is 12.0. The second-order valence-electron chi connectivity index (χ2n) is 4.32. The molecular weight excluding hydrogens is 276 g/mol. The molecule has 0 saturated carbocycles. The van der Waals surface area contributed by atoms with E-state index in [1.54, 1.807) is 0 Å². The van der Waals surface area contributed by atoms with E-state index in [0.717, 1.165) is 11.3 Å². The molecule has 1 heterocycles. The third kappa shape index (κ3) is 2.98. The molecule has 0 atom stereocenters. The smallest absolute Gasteiger partial charge is 0.266 e. The zero-order chi connectivity index (χ0) is 14.0. The van der Waals surface area contributed by atoms with Crippen molar-refractivity contribution < 1.29 is 4.79 Å². The number of benzene rings is 1. The average molecular weight is 291 g/mol. The molecule has 1 aliphatic rings. The van der Waals surface area contributed by atoms with Crippen molar-refractivity contribution in [3.05, 3.63) is 41.7 Å². The number of thioether (sulfide) groups is 1. The number of thiocarbonyl (C=S) groups is 1. The van der Waals surface area contributed by atoms with Crippen LogP contribution in [0.2, 0.25) is 0 Å². The molecule has 5 heteroatoms. The van der Waals surface area contributed by atoms with Crippen LogP contribution >= 0.6 is 24.0 Å². The molecule has 0 bridgehead atoms. The highest BCUT2D eigenvalue weighted by atomic mass is 32.2. The summed E-state index contributed by atoms with van der Waals surface area (Å²) >= 11 is 6.48. The SMILES string of the molecule is [CH2]CN1C(=O)C(=Cc2ccc(N(C)C)cc2)SC1=S. The molecule has 1 fully saturated rings. The van der Waals surface area contributed by atoms with Gasteiger partial charge in [-0.15, -0.1) is 0 Å². The number of amides is 1. The third-order valence-electron chi connectivity index (χ3n) is 2.80. The summed E-state index contributed by atoms with van der Waals surface area (Å²) in [6, 6.07) is 8.03. The lowest BCUT2D eigenvalue weighted by atomic mass is 10.2. The first kappa shape index (κ1) is 14.1. The van der Waals surface area contributed by atoms with Crippen LogP contribution in [0.4, 0.5) is 5.69 Å². The minimum atomic E-state index is -0.0540. The van der Waals surface area contributed by atoms with E-state index in [2.05, 4.69) is 6.92 Å². The van der Waals surface area contributed by atoms with E-state index in [1.807, 2.05) is 49.3 Å². The Morgan fingerprint density at radius 1 is 1.37 bits per heavy atom. The molecule has 0 unspecified atom stereocenters. The van der Waals surface area contributed by atoms with E-state index in [-0.39, 0.29) is 5.91 Å². The number of hydrogen-bond acceptors (Lipinski definition) is 4. The van der Waals surface area contributed by atoms with Crippen molar-refractivity contribution in [3.63, 3.8) is 0 Å². The zero-order valence-electron chi connectivity index (χ0n) is 10.9. The zero-order valence-corrected chi connectivity index (χ0v) is 12.6. The summed E-state index contributed by atoms with van der Waals surface area (Å²) < 4.78 is 0.580. The van der Waals surface area contributed by atoms with Gasteiger partial charge in [-0.05, 0) is 30.7 Å². The van der Waals surface area contributed by atoms with E-state index in [9.17, 15) is 4.79 Å². The Balaban J connectivity index is 2.22. The Labute approximate surface area is 123 Å². The highest BCUT2D eigenvalue weighted by molar-refractivity contribution is 8.26. The van der Waals surface area contributed by atoms with Gasteiger partial charge in [0, 0.05) is 26.3 Å². The van der Waals surface area contributed by atoms with E-state index in [1.165, 1.54) is 16.7 Å². The molecule has 0 N–H and O–H groups in total. The number of carbonyl (C=O) groups excluding carboxylic acids is 1. The molecule has 99 valence electrons. The van der Waals surface area contributed by atoms with Crippen LogP contribution in [0.15, 0.2) is 29.2 Å². The number of anilines is 1. The number of hydrogen-bond donors (Lipinski definition) is 0. The van der Waals surface area contributed by atoms with Crippen LogP contribution in [0.25, 0.3) is 6.08 Å². The fourth-order valence-electron chi connectivity index (χ4n) is 1.71. The second kappa shape index (κ2) is 5.75. The lowest BCUT2D eigenvalue weighted by Gasteiger charge is -2.12. The summed E-state index contributed by atoms with van der Waals surface area (Å²) in [6.07, 6.45) is 1.87. The fourth-order valence-corrected chi connectivity index (χ4v) is 3.02. The fraction of sp³-hybridized carbons (Fsp3) is 0.214. The highest BCUT2D eigenvalue weighted by Crippen LogP contribution is 2.32. The van der Waals surface area contributed by atoms with Crippen LogP contribution in [-0.2, 0) is 4.79 Å². The number of carbonyl (C=O) groups is 1. The van der Waals surface area contributed by atoms with E-state index >= 15 is 0 Å². The molecule has 2 rings (SSSR count). The lowest BCUT2D eigenvalue weighted by Crippen LogP contribution is -2.27. The first-order chi connectivity index (χ1) is 9.02. The van der Waals surface area contributed by atoms with Gasteiger partial charge in [0.25, 0.3) is 5.91 Å². The summed E-state index contributed by atoms with van der Waals surface area (Å²) in [4.78, 5) is 16.2. The van der Waals surface area contributed by atoms with Gasteiger partial charge in [-0.25, -0.2) is 0 Å². The monoisotopic (exact) mass is 291 g/mol. The summed E-state index contributed by atoms with van der Waals surface area (Å²) in [5, 5.41) is 0. The van der Waals surface area contributed by atoms with Crippen molar-refractivity contribution in [2.24, 2.45) is 0 Å². The summed E-state index contributed by atoms with van der Waals surface area (Å²) in [6.45, 7) is 4.09. The molecule has 3 nitrogen and oxygen atoms in total. The molecule has 1 aliphatic heterocycles. The number of nitrogens with zero attached hydrogens (tertiary/aromatic N) is 2. The predicted molar refractivity (Wildman–Crippen MR) is 86.0 cm³/mol. The Hall–Kier alpha value is -1.33. The molecule has 0 aliphatic carbocycles. The van der Waals surface area contributed by atoms with Crippen molar-refractivity contribution >= 4 is 46.0 Å². The minimum absolute atomic E-state index is 0.0540. The van der Waals surface area contributed by atoms with Gasteiger partial charge < -0.3 is 4.90 Å². The van der Waals surface area contributed by atoms with Gasteiger partial charge in [-0.1, -0.05) is 36.1 Å². The van der Waals surface area contributed by atoms with E-state index in [0.29, 0.717) is 15.8 Å². The van der Waals surface area contributed by atoms with Gasteiger partial charge in [0.05, 0.1) is 4.91 Å². The summed E-state index contributed by atoms with van der Waals surface area (Å²) in [5.41, 5.74) is 2.12. The van der Waals surface area contributed by atoms with Crippen LogP contribution in [0, 0.1) is 6.92 Å². The van der Waals surface area contributed by atoms with Gasteiger partial charge in [0.2, 0.25) is 0 Å². The highest BCUT2D eigenvalue weighted by Gasteiger charge is 2.30. The second-order valence-corrected chi connectivity index (χ2v) is 6.00. The topological polar surface area (TPSA) is 23.6 Å². The average Bonchev–Trinajstić information content (AvgIpc) is 2.64. The van der Waals surface area contributed by atoms with Crippen molar-refractivity contribution in [3.8, 4) is 0 Å². The molecule has 19 heavy (non-hydrogen) atoms. The number of rotatable bonds is 3. The molecule has 0 spiro atoms. The predicted octanol–water partition coefficient (Wildman–Crippen LogP) is 2.79. The molecule has 1 aromatic rings. The Morgan fingerprint density at radius 2 is 2.00 bits per heavy atom. The van der Waals surface area contributed by atoms with Crippen molar-refractivity contribution in [1.29, 1.82) is 0 Å². The summed E-state index contributed by atoms with van der Waals surface area (Å²) in [7, 11) is 3.99. The Morgan fingerprint density at radius 3 is 2.47 bits per heavy atom. The molecule has 1 aromatic carbocycles. The van der Waals surface area contributed by atoms with Crippen LogP contribution in [-0.4, -0.2) is 35.8 Å². The van der Waals surface area contributed by atoms with Crippen LogP contribution in [0.1, 0.15) is 5.56 Å². The molecule has 1 amide bonds. The van der Waals surface area contributed by atoms with Gasteiger partial charge in [0.1, 0.15) is 4.32 Å². The van der Waals surface area contributed by atoms with Crippen molar-refractivity contribution in [1.82, 2.24) is 4.90 Å². The van der Waals surface area contributed by atoms with Crippen LogP contribution in [0.5, 0.6) is 0 Å². The third-order valence-corrected chi connectivity index (χ3v) is 4.18. The molecule has 1 radical (unpaired) electrons. The van der Waals surface area contributed by atoms with Crippen LogP contribution in [0.3, 0.4) is 0 Å². The maximum Gasteiger partial charge on any atom is 0.266 e. The minimum Gasteiger partial charge on any atom is -0.378 e. The summed E-state index contributed by atoms with van der Waals surface area (Å²) in [5.74, 6) is -0.0540. The van der Waals surface area contributed by atoms with Gasteiger partial charge in [0.15, 0.2) is 0 Å². The quantitative estimate of drug-likeness (QED) is 0.631. The normalized spacial score (nSPS) is 17.4. The van der Waals surface area contributed by atoms with E-state index in [4.69, 9.17) is 12.2 Å². The van der Waals surface area contributed by atoms with Crippen molar-refractivity contribution in [2.75, 3.05) is 25.5 Å². The van der Waals surface area contributed by atoms with Gasteiger partial charge >= 0.3 is 0 Å². The molecule has 1 saturated heterocycles. The van der Waals surface area contributed by atoms with Crippen molar-refractivity contribution in [2.45, 2.75) is 0 Å². The Kier molecular flexibility index (Phi) is 4.27. The van der Waals surface area contributed by atoms with Crippen LogP contribution < -0.4 is 4.90 Å². The first-order valence-electron chi connectivity index (χ1n) is 5.85. The standard InChI is InChI=1S/C14H15N2OS2/c1-4-16-13(17)12(19-14(16)18)9-10-5-7-11(8-6-10)15(2)3/h5-9H,1,4H2,2-3H3. The largest absolute Gasteiger partial charge is 0.378 e. The Bertz CT molecular complexity index is 535. The lowest BCUT2D eigenvalue weighted by molar-refractivity contribution is -0.121. The van der Waals surface area contributed by atoms with Gasteiger partial charge in [-0.3, -0.25) is 9.69 Å². The first-order valence-corrected chi connectivity index (χ1v) is 7.07. The van der Waals surface area contributed by atoms with E-state index < -0.39 is 0 Å².